The standard InChI is InChI=1S/C23H28ClN5S/c1-13-14(2)30-22-19(13)20(16-7-9-17(24)10-8-16)26-18(11-12-25-23(4,5)6)21-28-27-15(3)29(21)22/h7-10,18,25H,11-12H2,1-6H3. The number of hydrogen-bond donors (Lipinski definition) is 1. The molecule has 7 heteroatoms. The Balaban J connectivity index is 1.88. The first-order valence-corrected chi connectivity index (χ1v) is 11.5. The first kappa shape index (κ1) is 21.2. The van der Waals surface area contributed by atoms with Crippen LogP contribution in [0, 0.1) is 20.8 Å². The molecule has 4 rings (SSSR count). The molecule has 1 unspecified atom stereocenters. The lowest BCUT2D eigenvalue weighted by molar-refractivity contribution is 0.408. The van der Waals surface area contributed by atoms with Gasteiger partial charge in [-0.15, -0.1) is 21.5 Å². The normalized spacial score (nSPS) is 16.1. The first-order chi connectivity index (χ1) is 14.2. The zero-order valence-electron chi connectivity index (χ0n) is 18.4. The molecule has 0 aliphatic carbocycles. The van der Waals surface area contributed by atoms with E-state index in [4.69, 9.17) is 16.6 Å². The Morgan fingerprint density at radius 2 is 1.80 bits per heavy atom. The molecule has 1 aliphatic heterocycles. The van der Waals surface area contributed by atoms with Crippen LogP contribution in [0.15, 0.2) is 29.3 Å². The van der Waals surface area contributed by atoms with Gasteiger partial charge < -0.3 is 5.32 Å². The molecule has 2 aromatic heterocycles. The third-order valence-corrected chi connectivity index (χ3v) is 6.87. The Morgan fingerprint density at radius 3 is 2.47 bits per heavy atom. The van der Waals surface area contributed by atoms with E-state index in [1.54, 1.807) is 11.3 Å². The van der Waals surface area contributed by atoms with Crippen LogP contribution in [-0.2, 0) is 0 Å². The fourth-order valence-corrected chi connectivity index (χ4v) is 5.11. The van der Waals surface area contributed by atoms with Crippen LogP contribution >= 0.6 is 22.9 Å². The fourth-order valence-electron chi connectivity index (χ4n) is 3.77. The zero-order chi connectivity index (χ0) is 21.6. The third-order valence-electron chi connectivity index (χ3n) is 5.43. The highest BCUT2D eigenvalue weighted by molar-refractivity contribution is 7.15. The van der Waals surface area contributed by atoms with E-state index < -0.39 is 0 Å². The second kappa shape index (κ2) is 7.91. The summed E-state index contributed by atoms with van der Waals surface area (Å²) in [6, 6.07) is 7.90. The fraction of sp³-hybridized carbons (Fsp3) is 0.435. The molecular formula is C23H28ClN5S. The number of aryl methyl sites for hydroxylation is 2. The van der Waals surface area contributed by atoms with Crippen LogP contribution in [0.5, 0.6) is 0 Å². The summed E-state index contributed by atoms with van der Waals surface area (Å²) in [5, 5.41) is 14.4. The second-order valence-corrected chi connectivity index (χ2v) is 10.5. The average Bonchev–Trinajstić information content (AvgIpc) is 3.14. The number of hydrogen-bond acceptors (Lipinski definition) is 5. The van der Waals surface area contributed by atoms with Gasteiger partial charge in [0.05, 0.1) is 5.71 Å². The number of rotatable bonds is 4. The van der Waals surface area contributed by atoms with E-state index in [0.29, 0.717) is 0 Å². The summed E-state index contributed by atoms with van der Waals surface area (Å²) in [5.74, 6) is 1.81. The molecule has 3 aromatic rings. The van der Waals surface area contributed by atoms with Gasteiger partial charge in [-0.05, 0) is 72.2 Å². The van der Waals surface area contributed by atoms with Gasteiger partial charge in [-0.25, -0.2) is 0 Å². The molecule has 0 saturated carbocycles. The van der Waals surface area contributed by atoms with Gasteiger partial charge in [-0.3, -0.25) is 9.56 Å². The van der Waals surface area contributed by atoms with Crippen molar-refractivity contribution >= 4 is 28.6 Å². The van der Waals surface area contributed by atoms with Crippen molar-refractivity contribution in [3.63, 3.8) is 0 Å². The van der Waals surface area contributed by atoms with Gasteiger partial charge in [-0.2, -0.15) is 0 Å². The number of halogens is 1. The van der Waals surface area contributed by atoms with Gasteiger partial charge in [0.15, 0.2) is 5.82 Å². The number of nitrogens with one attached hydrogen (secondary N) is 1. The van der Waals surface area contributed by atoms with Gasteiger partial charge >= 0.3 is 0 Å². The van der Waals surface area contributed by atoms with Crippen LogP contribution in [0.25, 0.3) is 5.00 Å². The Morgan fingerprint density at radius 1 is 1.10 bits per heavy atom. The van der Waals surface area contributed by atoms with Crippen LogP contribution in [0.3, 0.4) is 0 Å². The highest BCUT2D eigenvalue weighted by Gasteiger charge is 2.31. The van der Waals surface area contributed by atoms with E-state index in [-0.39, 0.29) is 11.6 Å². The van der Waals surface area contributed by atoms with Crippen molar-refractivity contribution in [1.82, 2.24) is 20.1 Å². The monoisotopic (exact) mass is 441 g/mol. The van der Waals surface area contributed by atoms with Crippen LogP contribution < -0.4 is 5.32 Å². The average molecular weight is 442 g/mol. The van der Waals surface area contributed by atoms with Gasteiger partial charge in [-0.1, -0.05) is 23.7 Å². The summed E-state index contributed by atoms with van der Waals surface area (Å²) in [4.78, 5) is 6.57. The second-order valence-electron chi connectivity index (χ2n) is 8.87. The Bertz CT molecular complexity index is 1100. The number of thiophene rings is 1. The number of fused-ring (bicyclic) bond motifs is 3. The molecule has 1 atom stereocenters. The molecule has 5 nitrogen and oxygen atoms in total. The SMILES string of the molecule is Cc1sc2c(c1C)C(c1ccc(Cl)cc1)=NC(CCNC(C)(C)C)c1nnc(C)n1-2. The predicted octanol–water partition coefficient (Wildman–Crippen LogP) is 5.58. The molecule has 1 N–H and O–H groups in total. The Hall–Kier alpha value is -2.02. The maximum Gasteiger partial charge on any atom is 0.163 e. The molecule has 0 radical (unpaired) electrons. The molecule has 0 saturated heterocycles. The van der Waals surface area contributed by atoms with Crippen molar-refractivity contribution in [2.45, 2.75) is 59.5 Å². The summed E-state index contributed by atoms with van der Waals surface area (Å²) in [7, 11) is 0. The Labute approximate surface area is 187 Å². The lowest BCUT2D eigenvalue weighted by atomic mass is 9.99. The summed E-state index contributed by atoms with van der Waals surface area (Å²) in [6.45, 7) is 13.7. The molecular weight excluding hydrogens is 414 g/mol. The maximum absolute atomic E-state index is 6.17. The Kier molecular flexibility index (Phi) is 5.60. The highest BCUT2D eigenvalue weighted by atomic mass is 35.5. The lowest BCUT2D eigenvalue weighted by Gasteiger charge is -2.22. The number of benzene rings is 1. The topological polar surface area (TPSA) is 55.1 Å². The van der Waals surface area contributed by atoms with E-state index in [9.17, 15) is 0 Å². The lowest BCUT2D eigenvalue weighted by Crippen LogP contribution is -2.36. The van der Waals surface area contributed by atoms with E-state index in [1.807, 2.05) is 19.1 Å². The van der Waals surface area contributed by atoms with Gasteiger partial charge in [0.25, 0.3) is 0 Å². The molecule has 0 bridgehead atoms. The number of aliphatic imine (C=N–C) groups is 1. The van der Waals surface area contributed by atoms with Gasteiger partial charge in [0.2, 0.25) is 0 Å². The predicted molar refractivity (Wildman–Crippen MR) is 126 cm³/mol. The van der Waals surface area contributed by atoms with Gasteiger partial charge in [0, 0.05) is 26.6 Å². The van der Waals surface area contributed by atoms with Crippen LogP contribution in [-0.4, -0.2) is 32.6 Å². The molecule has 0 fully saturated rings. The minimum absolute atomic E-state index is 0.0589. The molecule has 1 aromatic carbocycles. The van der Waals surface area contributed by atoms with Crippen molar-refractivity contribution in [3.05, 3.63) is 62.5 Å². The molecule has 0 spiro atoms. The van der Waals surface area contributed by atoms with Crippen LogP contribution in [0.1, 0.15) is 66.5 Å². The molecule has 1 aliphatic rings. The quantitative estimate of drug-likeness (QED) is 0.575. The minimum atomic E-state index is -0.0777. The maximum atomic E-state index is 6.17. The smallest absolute Gasteiger partial charge is 0.163 e. The number of nitrogens with zero attached hydrogens (tertiary/aromatic N) is 4. The van der Waals surface area contributed by atoms with Crippen molar-refractivity contribution < 1.29 is 0 Å². The minimum Gasteiger partial charge on any atom is -0.312 e. The molecule has 158 valence electrons. The van der Waals surface area contributed by atoms with E-state index in [2.05, 4.69) is 66.8 Å². The van der Waals surface area contributed by atoms with Crippen molar-refractivity contribution in [3.8, 4) is 5.00 Å². The van der Waals surface area contributed by atoms with E-state index >= 15 is 0 Å². The molecule has 30 heavy (non-hydrogen) atoms. The molecule has 3 heterocycles. The van der Waals surface area contributed by atoms with Crippen molar-refractivity contribution in [1.29, 1.82) is 0 Å². The molecule has 0 amide bonds. The van der Waals surface area contributed by atoms with Crippen LogP contribution in [0.4, 0.5) is 0 Å². The van der Waals surface area contributed by atoms with E-state index in [0.717, 1.165) is 45.9 Å². The van der Waals surface area contributed by atoms with Crippen LogP contribution in [0.2, 0.25) is 5.02 Å². The van der Waals surface area contributed by atoms with Crippen molar-refractivity contribution in [2.24, 2.45) is 4.99 Å². The van der Waals surface area contributed by atoms with E-state index in [1.165, 1.54) is 16.0 Å². The highest BCUT2D eigenvalue weighted by Crippen LogP contribution is 2.39. The summed E-state index contributed by atoms with van der Waals surface area (Å²) >= 11 is 7.95. The zero-order valence-corrected chi connectivity index (χ0v) is 19.9. The summed E-state index contributed by atoms with van der Waals surface area (Å²) < 4.78 is 2.20. The largest absolute Gasteiger partial charge is 0.312 e. The van der Waals surface area contributed by atoms with Gasteiger partial charge in [0.1, 0.15) is 16.9 Å². The number of aromatic nitrogens is 3. The van der Waals surface area contributed by atoms with Crippen molar-refractivity contribution in [2.75, 3.05) is 6.54 Å². The summed E-state index contributed by atoms with van der Waals surface area (Å²) in [6.07, 6.45) is 0.847. The first-order valence-electron chi connectivity index (χ1n) is 10.3. The third kappa shape index (κ3) is 3.96. The summed E-state index contributed by atoms with van der Waals surface area (Å²) in [5.41, 5.74) is 4.58.